The molecule has 5 nitrogen and oxygen atoms in total. The standard InChI is InChI=1S/C24H35O5PSi/c1-6-27-30(25,28-7-2)20-26-24(18-19-24)29-31(23(3,4)5,21-14-10-8-11-15-21)22-16-12-9-13-17-22/h8-17H,6-7,18-20H2,1-5H3. The zero-order valence-corrected chi connectivity index (χ0v) is 21.2. The molecule has 1 aliphatic rings. The third kappa shape index (κ3) is 5.39. The van der Waals surface area contributed by atoms with Gasteiger partial charge in [-0.3, -0.25) is 4.57 Å². The monoisotopic (exact) mass is 462 g/mol. The number of benzene rings is 2. The van der Waals surface area contributed by atoms with Crippen LogP contribution in [0, 0.1) is 0 Å². The predicted octanol–water partition coefficient (Wildman–Crippen LogP) is 5.29. The number of rotatable bonds is 11. The van der Waals surface area contributed by atoms with Crippen LogP contribution in [0.1, 0.15) is 47.5 Å². The third-order valence-corrected chi connectivity index (χ3v) is 12.4. The molecule has 0 heterocycles. The van der Waals surface area contributed by atoms with Gasteiger partial charge in [0, 0.05) is 12.8 Å². The maximum atomic E-state index is 13.0. The first-order chi connectivity index (χ1) is 14.7. The summed E-state index contributed by atoms with van der Waals surface area (Å²) in [4.78, 5) is 0. The molecule has 0 aromatic heterocycles. The highest BCUT2D eigenvalue weighted by Gasteiger charge is 2.59. The van der Waals surface area contributed by atoms with Crippen LogP contribution in [-0.2, 0) is 22.8 Å². The Balaban J connectivity index is 1.99. The van der Waals surface area contributed by atoms with Crippen molar-refractivity contribution in [2.45, 2.75) is 58.3 Å². The van der Waals surface area contributed by atoms with Crippen molar-refractivity contribution in [3.05, 3.63) is 60.7 Å². The van der Waals surface area contributed by atoms with Gasteiger partial charge in [-0.25, -0.2) is 0 Å². The summed E-state index contributed by atoms with van der Waals surface area (Å²) in [7, 11) is -6.06. The van der Waals surface area contributed by atoms with E-state index in [1.807, 2.05) is 12.1 Å². The summed E-state index contributed by atoms with van der Waals surface area (Å²) in [5.41, 5.74) is 0. The third-order valence-electron chi connectivity index (χ3n) is 5.55. The van der Waals surface area contributed by atoms with Crippen LogP contribution in [0.2, 0.25) is 5.04 Å². The van der Waals surface area contributed by atoms with Crippen LogP contribution in [0.4, 0.5) is 0 Å². The van der Waals surface area contributed by atoms with Crippen LogP contribution in [0.5, 0.6) is 0 Å². The lowest BCUT2D eigenvalue weighted by atomic mass is 10.2. The van der Waals surface area contributed by atoms with Crippen molar-refractivity contribution in [3.8, 4) is 0 Å². The lowest BCUT2D eigenvalue weighted by Crippen LogP contribution is -2.68. The van der Waals surface area contributed by atoms with Crippen LogP contribution < -0.4 is 10.4 Å². The van der Waals surface area contributed by atoms with Gasteiger partial charge in [0.15, 0.2) is 12.1 Å². The second-order valence-electron chi connectivity index (χ2n) is 8.90. The maximum absolute atomic E-state index is 13.0. The Morgan fingerprint density at radius 2 is 1.32 bits per heavy atom. The van der Waals surface area contributed by atoms with Gasteiger partial charge in [0.25, 0.3) is 8.32 Å². The molecule has 0 saturated heterocycles. The molecule has 1 aliphatic carbocycles. The van der Waals surface area contributed by atoms with Crippen LogP contribution >= 0.6 is 7.60 Å². The molecule has 0 spiro atoms. The first-order valence-electron chi connectivity index (χ1n) is 11.0. The van der Waals surface area contributed by atoms with Crippen molar-refractivity contribution in [3.63, 3.8) is 0 Å². The second-order valence-corrected chi connectivity index (χ2v) is 15.1. The minimum Gasteiger partial charge on any atom is -0.380 e. The fourth-order valence-electron chi connectivity index (χ4n) is 4.01. The molecule has 1 fully saturated rings. The number of hydrogen-bond donors (Lipinski definition) is 0. The van der Waals surface area contributed by atoms with Crippen molar-refractivity contribution in [2.75, 3.05) is 19.6 Å². The van der Waals surface area contributed by atoms with Crippen LogP contribution in [0.15, 0.2) is 60.7 Å². The van der Waals surface area contributed by atoms with Gasteiger partial charge in [0.1, 0.15) is 0 Å². The molecule has 0 unspecified atom stereocenters. The van der Waals surface area contributed by atoms with Gasteiger partial charge in [-0.1, -0.05) is 81.4 Å². The Hall–Kier alpha value is -1.27. The van der Waals surface area contributed by atoms with E-state index in [1.165, 1.54) is 10.4 Å². The Kier molecular flexibility index (Phi) is 7.62. The van der Waals surface area contributed by atoms with Gasteiger partial charge in [0.2, 0.25) is 0 Å². The molecule has 7 heteroatoms. The lowest BCUT2D eigenvalue weighted by molar-refractivity contribution is -0.0999. The molecule has 0 N–H and O–H groups in total. The van der Waals surface area contributed by atoms with Crippen molar-refractivity contribution in [1.29, 1.82) is 0 Å². The molecular formula is C24H35O5PSi. The average molecular weight is 463 g/mol. The summed E-state index contributed by atoms with van der Waals surface area (Å²) in [6, 6.07) is 20.9. The summed E-state index contributed by atoms with van der Waals surface area (Å²) in [6.07, 6.45) is 1.42. The summed E-state index contributed by atoms with van der Waals surface area (Å²) < 4.78 is 37.1. The van der Waals surface area contributed by atoms with E-state index < -0.39 is 21.7 Å². The Bertz CT molecular complexity index is 828. The van der Waals surface area contributed by atoms with E-state index >= 15 is 0 Å². The molecule has 2 aromatic carbocycles. The molecule has 0 amide bonds. The fourth-order valence-corrected chi connectivity index (χ4v) is 10.2. The van der Waals surface area contributed by atoms with Crippen molar-refractivity contribution >= 4 is 26.3 Å². The molecule has 0 bridgehead atoms. The van der Waals surface area contributed by atoms with Gasteiger partial charge in [-0.15, -0.1) is 0 Å². The predicted molar refractivity (Wildman–Crippen MR) is 127 cm³/mol. The van der Waals surface area contributed by atoms with E-state index in [2.05, 4.69) is 69.3 Å². The SMILES string of the molecule is CCOP(=O)(COC1(O[Si](c2ccccc2)(c2ccccc2)C(C)(C)C)CC1)OCC. The summed E-state index contributed by atoms with van der Waals surface area (Å²) >= 11 is 0. The summed E-state index contributed by atoms with van der Waals surface area (Å²) in [6.45, 7) is 10.9. The molecule has 3 rings (SSSR count). The molecule has 0 atom stereocenters. The minimum absolute atomic E-state index is 0.104. The van der Waals surface area contributed by atoms with Gasteiger partial charge < -0.3 is 18.2 Å². The van der Waals surface area contributed by atoms with E-state index in [0.717, 1.165) is 12.8 Å². The molecule has 0 aliphatic heterocycles. The van der Waals surface area contributed by atoms with Gasteiger partial charge in [-0.05, 0) is 29.3 Å². The van der Waals surface area contributed by atoms with E-state index in [0.29, 0.717) is 13.2 Å². The largest absolute Gasteiger partial charge is 0.380 e. The molecule has 2 aromatic rings. The van der Waals surface area contributed by atoms with E-state index in [4.69, 9.17) is 18.2 Å². The van der Waals surface area contributed by atoms with E-state index in [9.17, 15) is 4.57 Å². The quantitative estimate of drug-likeness (QED) is 0.258. The zero-order chi connectivity index (χ0) is 22.6. The number of hydrogen-bond acceptors (Lipinski definition) is 5. The van der Waals surface area contributed by atoms with Crippen LogP contribution in [-0.4, -0.2) is 33.7 Å². The molecular weight excluding hydrogens is 427 g/mol. The van der Waals surface area contributed by atoms with Crippen molar-refractivity contribution < 1.29 is 22.8 Å². The molecule has 170 valence electrons. The van der Waals surface area contributed by atoms with Crippen LogP contribution in [0.3, 0.4) is 0 Å². The zero-order valence-electron chi connectivity index (χ0n) is 19.3. The summed E-state index contributed by atoms with van der Waals surface area (Å²) in [5.74, 6) is -0.769. The Morgan fingerprint density at radius 1 is 0.871 bits per heavy atom. The first-order valence-corrected chi connectivity index (χ1v) is 14.7. The highest BCUT2D eigenvalue weighted by molar-refractivity contribution is 7.53. The smallest absolute Gasteiger partial charge is 0.356 e. The van der Waals surface area contributed by atoms with Crippen LogP contribution in [0.25, 0.3) is 0 Å². The van der Waals surface area contributed by atoms with E-state index in [-0.39, 0.29) is 11.4 Å². The Labute approximate surface area is 187 Å². The molecule has 31 heavy (non-hydrogen) atoms. The normalized spacial score (nSPS) is 16.3. The van der Waals surface area contributed by atoms with Gasteiger partial charge in [-0.2, -0.15) is 0 Å². The summed E-state index contributed by atoms with van der Waals surface area (Å²) in [5, 5.41) is 2.24. The molecule has 1 saturated carbocycles. The Morgan fingerprint density at radius 3 is 1.68 bits per heavy atom. The fraction of sp³-hybridized carbons (Fsp3) is 0.500. The van der Waals surface area contributed by atoms with Crippen molar-refractivity contribution in [2.24, 2.45) is 0 Å². The lowest BCUT2D eigenvalue weighted by Gasteiger charge is -2.45. The van der Waals surface area contributed by atoms with Gasteiger partial charge in [0.05, 0.1) is 13.2 Å². The highest BCUT2D eigenvalue weighted by Crippen LogP contribution is 2.54. The number of ether oxygens (including phenoxy) is 1. The van der Waals surface area contributed by atoms with E-state index in [1.54, 1.807) is 13.8 Å². The topological polar surface area (TPSA) is 54.0 Å². The molecule has 0 radical (unpaired) electrons. The van der Waals surface area contributed by atoms with Gasteiger partial charge >= 0.3 is 7.60 Å². The second kappa shape index (κ2) is 9.70. The van der Waals surface area contributed by atoms with Crippen molar-refractivity contribution in [1.82, 2.24) is 0 Å². The average Bonchev–Trinajstić information content (AvgIpc) is 3.51. The minimum atomic E-state index is -3.31. The first kappa shape index (κ1) is 24.4. The maximum Gasteiger partial charge on any atom is 0.356 e. The highest BCUT2D eigenvalue weighted by atomic mass is 31.2.